The van der Waals surface area contributed by atoms with Crippen LogP contribution in [0.4, 0.5) is 18.9 Å². The van der Waals surface area contributed by atoms with Crippen molar-refractivity contribution < 1.29 is 13.2 Å². The number of fused-ring (bicyclic) bond motifs is 1. The van der Waals surface area contributed by atoms with Gasteiger partial charge in [-0.3, -0.25) is 4.68 Å². The number of nitrogens with two attached hydrogens (primary N) is 1. The molecule has 2 N–H and O–H groups in total. The van der Waals surface area contributed by atoms with Crippen molar-refractivity contribution in [1.82, 2.24) is 14.3 Å². The molecule has 3 rings (SSSR count). The highest BCUT2D eigenvalue weighted by Gasteiger charge is 2.35. The van der Waals surface area contributed by atoms with E-state index < -0.39 is 11.7 Å². The zero-order valence-corrected chi connectivity index (χ0v) is 12.4. The van der Waals surface area contributed by atoms with E-state index in [0.29, 0.717) is 28.2 Å². The van der Waals surface area contributed by atoms with Gasteiger partial charge in [0.25, 0.3) is 0 Å². The van der Waals surface area contributed by atoms with Gasteiger partial charge in [0, 0.05) is 36.3 Å². The molecule has 0 saturated carbocycles. The molecule has 0 aliphatic carbocycles. The average Bonchev–Trinajstić information content (AvgIpc) is 2.89. The lowest BCUT2D eigenvalue weighted by Gasteiger charge is -2.11. The summed E-state index contributed by atoms with van der Waals surface area (Å²) in [4.78, 5) is 0. The van der Waals surface area contributed by atoms with Crippen LogP contribution in [-0.2, 0) is 20.3 Å². The Morgan fingerprint density at radius 2 is 1.86 bits per heavy atom. The van der Waals surface area contributed by atoms with E-state index in [2.05, 4.69) is 5.10 Å². The van der Waals surface area contributed by atoms with Crippen LogP contribution >= 0.6 is 0 Å². The second-order valence-corrected chi connectivity index (χ2v) is 5.29. The number of hydrogen-bond donors (Lipinski definition) is 1. The van der Waals surface area contributed by atoms with Crippen LogP contribution in [0.15, 0.2) is 24.4 Å². The van der Waals surface area contributed by atoms with E-state index in [1.54, 1.807) is 31.7 Å². The van der Waals surface area contributed by atoms with Gasteiger partial charge in [-0.15, -0.1) is 0 Å². The van der Waals surface area contributed by atoms with Crippen LogP contribution in [0.3, 0.4) is 0 Å². The average molecular weight is 308 g/mol. The number of benzene rings is 1. The summed E-state index contributed by atoms with van der Waals surface area (Å²) in [6, 6.07) is 4.19. The van der Waals surface area contributed by atoms with Gasteiger partial charge in [0.05, 0.1) is 23.1 Å². The molecule has 22 heavy (non-hydrogen) atoms. The van der Waals surface area contributed by atoms with Crippen molar-refractivity contribution in [3.05, 3.63) is 35.7 Å². The number of hydrogen-bond acceptors (Lipinski definition) is 2. The fraction of sp³-hybridized carbons (Fsp3) is 0.267. The predicted molar refractivity (Wildman–Crippen MR) is 79.3 cm³/mol. The fourth-order valence-electron chi connectivity index (χ4n) is 2.90. The SMILES string of the molecule is Cc1c(-c2c(N)cnn2C)c2c(C(F)(F)F)cccc2n1C. The molecule has 7 heteroatoms. The van der Waals surface area contributed by atoms with Crippen molar-refractivity contribution in [2.24, 2.45) is 14.1 Å². The summed E-state index contributed by atoms with van der Waals surface area (Å²) >= 11 is 0. The lowest BCUT2D eigenvalue weighted by atomic mass is 10.0. The summed E-state index contributed by atoms with van der Waals surface area (Å²) in [6.45, 7) is 1.78. The van der Waals surface area contributed by atoms with Gasteiger partial charge in [-0.2, -0.15) is 18.3 Å². The third kappa shape index (κ3) is 1.88. The van der Waals surface area contributed by atoms with Crippen LogP contribution < -0.4 is 5.73 Å². The highest BCUT2D eigenvalue weighted by Crippen LogP contribution is 2.43. The normalized spacial score (nSPS) is 12.3. The minimum atomic E-state index is -4.44. The molecule has 1 aromatic carbocycles. The number of aromatic nitrogens is 3. The van der Waals surface area contributed by atoms with Gasteiger partial charge in [-0.1, -0.05) is 6.07 Å². The third-order valence-corrected chi connectivity index (χ3v) is 4.03. The molecular weight excluding hydrogens is 293 g/mol. The van der Waals surface area contributed by atoms with Crippen LogP contribution in [-0.4, -0.2) is 14.3 Å². The summed E-state index contributed by atoms with van der Waals surface area (Å²) in [5, 5.41) is 4.20. The molecule has 0 saturated heterocycles. The first-order valence-electron chi connectivity index (χ1n) is 6.66. The minimum absolute atomic E-state index is 0.158. The Balaban J connectivity index is 2.53. The zero-order valence-electron chi connectivity index (χ0n) is 12.4. The van der Waals surface area contributed by atoms with E-state index in [9.17, 15) is 13.2 Å². The Bertz CT molecular complexity index is 852. The van der Waals surface area contributed by atoms with Gasteiger partial charge < -0.3 is 10.3 Å². The first-order chi connectivity index (χ1) is 10.2. The standard InChI is InChI=1S/C15H15F3N4/c1-8-12(14-10(19)7-20-22(14)3)13-9(15(16,17)18)5-4-6-11(13)21(8)2/h4-7H,19H2,1-3H3. The first kappa shape index (κ1) is 14.5. The number of aryl methyl sites for hydroxylation is 2. The first-order valence-corrected chi connectivity index (χ1v) is 6.66. The van der Waals surface area contributed by atoms with Crippen molar-refractivity contribution in [2.45, 2.75) is 13.1 Å². The zero-order chi connectivity index (χ0) is 16.2. The molecule has 0 spiro atoms. The number of nitrogen functional groups attached to an aromatic ring is 1. The Morgan fingerprint density at radius 1 is 1.18 bits per heavy atom. The summed E-state index contributed by atoms with van der Waals surface area (Å²) in [6.07, 6.45) is -2.99. The van der Waals surface area contributed by atoms with Crippen LogP contribution in [0, 0.1) is 6.92 Å². The Kier molecular flexibility index (Phi) is 2.98. The van der Waals surface area contributed by atoms with Crippen molar-refractivity contribution in [3.8, 4) is 11.3 Å². The molecule has 0 fully saturated rings. The Labute approximate surface area is 124 Å². The van der Waals surface area contributed by atoms with E-state index in [0.717, 1.165) is 6.07 Å². The largest absolute Gasteiger partial charge is 0.417 e. The van der Waals surface area contributed by atoms with Crippen molar-refractivity contribution in [2.75, 3.05) is 5.73 Å². The number of nitrogens with zero attached hydrogens (tertiary/aromatic N) is 3. The topological polar surface area (TPSA) is 48.8 Å². The van der Waals surface area contributed by atoms with E-state index in [1.807, 2.05) is 0 Å². The van der Waals surface area contributed by atoms with Gasteiger partial charge in [0.2, 0.25) is 0 Å². The van der Waals surface area contributed by atoms with Gasteiger partial charge in [-0.05, 0) is 19.1 Å². The maximum absolute atomic E-state index is 13.4. The monoisotopic (exact) mass is 308 g/mol. The second-order valence-electron chi connectivity index (χ2n) is 5.29. The van der Waals surface area contributed by atoms with Crippen LogP contribution in [0.1, 0.15) is 11.3 Å². The lowest BCUT2D eigenvalue weighted by molar-refractivity contribution is -0.136. The number of halogens is 3. The van der Waals surface area contributed by atoms with Crippen LogP contribution in [0.2, 0.25) is 0 Å². The number of alkyl halides is 3. The van der Waals surface area contributed by atoms with Crippen molar-refractivity contribution in [1.29, 1.82) is 0 Å². The van der Waals surface area contributed by atoms with Gasteiger partial charge in [0.15, 0.2) is 0 Å². The Hall–Kier alpha value is -2.44. The summed E-state index contributed by atoms with van der Waals surface area (Å²) < 4.78 is 43.5. The van der Waals surface area contributed by atoms with Crippen molar-refractivity contribution in [3.63, 3.8) is 0 Å². The summed E-state index contributed by atoms with van der Waals surface area (Å²) in [5.74, 6) is 0. The number of anilines is 1. The highest BCUT2D eigenvalue weighted by molar-refractivity contribution is 6.02. The molecule has 0 radical (unpaired) electrons. The lowest BCUT2D eigenvalue weighted by Crippen LogP contribution is -2.06. The highest BCUT2D eigenvalue weighted by atomic mass is 19.4. The minimum Gasteiger partial charge on any atom is -0.396 e. The fourth-order valence-corrected chi connectivity index (χ4v) is 2.90. The molecule has 2 aromatic heterocycles. The molecule has 0 atom stereocenters. The predicted octanol–water partition coefficient (Wildman–Crippen LogP) is 3.49. The smallest absolute Gasteiger partial charge is 0.396 e. The van der Waals surface area contributed by atoms with Crippen LogP contribution in [0.25, 0.3) is 22.2 Å². The maximum atomic E-state index is 13.4. The molecule has 0 amide bonds. The molecule has 116 valence electrons. The summed E-state index contributed by atoms with van der Waals surface area (Å²) in [7, 11) is 3.41. The molecule has 0 aliphatic rings. The molecule has 0 bridgehead atoms. The molecule has 2 heterocycles. The van der Waals surface area contributed by atoms with Gasteiger partial charge >= 0.3 is 6.18 Å². The molecule has 4 nitrogen and oxygen atoms in total. The quantitative estimate of drug-likeness (QED) is 0.748. The van der Waals surface area contributed by atoms with Crippen LogP contribution in [0.5, 0.6) is 0 Å². The molecular formula is C15H15F3N4. The van der Waals surface area contributed by atoms with E-state index in [1.165, 1.54) is 16.9 Å². The van der Waals surface area contributed by atoms with Crippen molar-refractivity contribution >= 4 is 16.6 Å². The second kappa shape index (κ2) is 4.53. The maximum Gasteiger partial charge on any atom is 0.417 e. The molecule has 0 aliphatic heterocycles. The molecule has 3 aromatic rings. The summed E-state index contributed by atoms with van der Waals surface area (Å²) in [5.41, 5.74) is 7.82. The Morgan fingerprint density at radius 3 is 2.41 bits per heavy atom. The van der Waals surface area contributed by atoms with Gasteiger partial charge in [-0.25, -0.2) is 0 Å². The van der Waals surface area contributed by atoms with E-state index in [4.69, 9.17) is 5.73 Å². The van der Waals surface area contributed by atoms with E-state index in [-0.39, 0.29) is 5.39 Å². The van der Waals surface area contributed by atoms with Gasteiger partial charge in [0.1, 0.15) is 0 Å². The van der Waals surface area contributed by atoms with E-state index >= 15 is 0 Å². The number of rotatable bonds is 1. The third-order valence-electron chi connectivity index (χ3n) is 4.03. The molecule has 0 unspecified atom stereocenters.